The van der Waals surface area contributed by atoms with E-state index in [0.29, 0.717) is 5.92 Å². The zero-order valence-electron chi connectivity index (χ0n) is 13.7. The van der Waals surface area contributed by atoms with Crippen molar-refractivity contribution in [3.63, 3.8) is 0 Å². The molecule has 0 saturated heterocycles. The first-order chi connectivity index (χ1) is 11.1. The second-order valence-electron chi connectivity index (χ2n) is 6.74. The van der Waals surface area contributed by atoms with Gasteiger partial charge in [-0.3, -0.25) is 0 Å². The predicted molar refractivity (Wildman–Crippen MR) is 97.8 cm³/mol. The van der Waals surface area contributed by atoms with Crippen LogP contribution in [-0.2, 0) is 13.0 Å². The first kappa shape index (κ1) is 16.0. The van der Waals surface area contributed by atoms with Gasteiger partial charge in [-0.15, -0.1) is 0 Å². The molecule has 0 aliphatic carbocycles. The van der Waals surface area contributed by atoms with Crippen LogP contribution >= 0.6 is 12.2 Å². The summed E-state index contributed by atoms with van der Waals surface area (Å²) in [5.41, 5.74) is 4.64. The topological polar surface area (TPSA) is 28.7 Å². The molecule has 1 aliphatic rings. The van der Waals surface area contributed by atoms with Crippen molar-refractivity contribution in [3.8, 4) is 6.07 Å². The number of thiocarbonyl (C=S) groups is 1. The van der Waals surface area contributed by atoms with Crippen LogP contribution in [0, 0.1) is 17.2 Å². The van der Waals surface area contributed by atoms with Gasteiger partial charge < -0.3 is 4.57 Å². The van der Waals surface area contributed by atoms with Crippen LogP contribution in [-0.4, -0.2) is 9.43 Å². The normalized spacial score (nSPS) is 16.9. The van der Waals surface area contributed by atoms with Crippen molar-refractivity contribution in [1.29, 1.82) is 5.26 Å². The maximum atomic E-state index is 9.31. The van der Waals surface area contributed by atoms with Gasteiger partial charge in [-0.05, 0) is 48.4 Å². The first-order valence-corrected chi connectivity index (χ1v) is 8.73. The summed E-state index contributed by atoms with van der Waals surface area (Å²) in [6.45, 7) is 5.43. The Labute approximate surface area is 143 Å². The lowest BCUT2D eigenvalue weighted by Gasteiger charge is -2.22. The van der Waals surface area contributed by atoms with Gasteiger partial charge in [0.1, 0.15) is 0 Å². The van der Waals surface area contributed by atoms with Crippen molar-refractivity contribution in [2.45, 2.75) is 45.6 Å². The molecule has 118 valence electrons. The summed E-state index contributed by atoms with van der Waals surface area (Å²) in [5, 5.41) is 9.31. The quantitative estimate of drug-likeness (QED) is 0.594. The third-order valence-corrected chi connectivity index (χ3v) is 4.94. The summed E-state index contributed by atoms with van der Waals surface area (Å²) < 4.78 is 2.24. The van der Waals surface area contributed by atoms with E-state index in [4.69, 9.17) is 12.2 Å². The summed E-state index contributed by atoms with van der Waals surface area (Å²) in [4.78, 5) is 0.880. The lowest BCUT2D eigenvalue weighted by molar-refractivity contribution is 0.502. The Morgan fingerprint density at radius 3 is 2.65 bits per heavy atom. The van der Waals surface area contributed by atoms with Crippen LogP contribution in [0.25, 0.3) is 0 Å². The van der Waals surface area contributed by atoms with Crippen LogP contribution in [0.2, 0.25) is 0 Å². The second-order valence-corrected chi connectivity index (χ2v) is 7.15. The van der Waals surface area contributed by atoms with Crippen molar-refractivity contribution < 1.29 is 0 Å². The summed E-state index contributed by atoms with van der Waals surface area (Å²) in [6.07, 6.45) is 3.09. The number of hydrogen-bond donors (Lipinski definition) is 0. The molecule has 0 N–H and O–H groups in total. The minimum atomic E-state index is 0.00807. The maximum Gasteiger partial charge on any atom is 0.0865 e. The van der Waals surface area contributed by atoms with Crippen molar-refractivity contribution in [2.75, 3.05) is 0 Å². The van der Waals surface area contributed by atoms with E-state index in [9.17, 15) is 5.26 Å². The third kappa shape index (κ3) is 3.23. The smallest absolute Gasteiger partial charge is 0.0865 e. The first-order valence-electron chi connectivity index (χ1n) is 8.33. The molecule has 2 heterocycles. The van der Waals surface area contributed by atoms with Crippen molar-refractivity contribution in [3.05, 3.63) is 58.9 Å². The average molecular weight is 322 g/mol. The molecule has 0 amide bonds. The number of nitrogens with zero attached hydrogens (tertiary/aromatic N) is 2. The summed E-state index contributed by atoms with van der Waals surface area (Å²) in [6, 6.07) is 15.2. The van der Waals surface area contributed by atoms with Crippen LogP contribution in [0.3, 0.4) is 0 Å². The van der Waals surface area contributed by atoms with Gasteiger partial charge in [0.05, 0.1) is 22.5 Å². The number of benzene rings is 1. The molecule has 3 heteroatoms. The Hall–Kier alpha value is -1.92. The molecule has 23 heavy (non-hydrogen) atoms. The SMILES string of the molecule is CC(C)Cc1ccc(C(=S)c2ccc3n2CCCC3C#N)cc1. The van der Waals surface area contributed by atoms with E-state index in [0.717, 1.165) is 47.6 Å². The molecule has 0 bridgehead atoms. The van der Waals surface area contributed by atoms with Crippen LogP contribution in [0.15, 0.2) is 36.4 Å². The number of hydrogen-bond acceptors (Lipinski definition) is 2. The van der Waals surface area contributed by atoms with E-state index in [1.807, 2.05) is 0 Å². The largest absolute Gasteiger partial charge is 0.343 e. The zero-order chi connectivity index (χ0) is 16.4. The lowest BCUT2D eigenvalue weighted by Crippen LogP contribution is -2.18. The molecule has 1 atom stereocenters. The van der Waals surface area contributed by atoms with Gasteiger partial charge in [-0.25, -0.2) is 0 Å². The molecule has 0 fully saturated rings. The standard InChI is InChI=1S/C20H22N2S/c1-14(2)12-15-5-7-16(8-6-15)20(23)19-10-9-18-17(13-21)4-3-11-22(18)19/h5-10,14,17H,3-4,11-12H2,1-2H3. The van der Waals surface area contributed by atoms with Crippen LogP contribution in [0.4, 0.5) is 0 Å². The lowest BCUT2D eigenvalue weighted by atomic mass is 9.98. The molecule has 0 radical (unpaired) electrons. The van der Waals surface area contributed by atoms with Crippen LogP contribution < -0.4 is 0 Å². The molecule has 1 aromatic carbocycles. The molecule has 1 unspecified atom stereocenters. The minimum absolute atomic E-state index is 0.00807. The second kappa shape index (κ2) is 6.68. The fourth-order valence-electron chi connectivity index (χ4n) is 3.38. The molecule has 0 saturated carbocycles. The van der Waals surface area contributed by atoms with Crippen molar-refractivity contribution in [1.82, 2.24) is 4.57 Å². The van der Waals surface area contributed by atoms with E-state index in [1.165, 1.54) is 5.56 Å². The Morgan fingerprint density at radius 2 is 2.00 bits per heavy atom. The molecular weight excluding hydrogens is 300 g/mol. The van der Waals surface area contributed by atoms with E-state index in [2.05, 4.69) is 60.9 Å². The molecule has 1 aliphatic heterocycles. The van der Waals surface area contributed by atoms with Gasteiger partial charge in [-0.2, -0.15) is 5.26 Å². The van der Waals surface area contributed by atoms with Crippen molar-refractivity contribution in [2.24, 2.45) is 5.92 Å². The van der Waals surface area contributed by atoms with Crippen molar-refractivity contribution >= 4 is 17.1 Å². The monoisotopic (exact) mass is 322 g/mol. The molecule has 0 spiro atoms. The number of nitriles is 1. The average Bonchev–Trinajstić information content (AvgIpc) is 2.98. The van der Waals surface area contributed by atoms with Crippen LogP contribution in [0.5, 0.6) is 0 Å². The van der Waals surface area contributed by atoms with Gasteiger partial charge in [0.2, 0.25) is 0 Å². The van der Waals surface area contributed by atoms with Gasteiger partial charge in [0.15, 0.2) is 0 Å². The predicted octanol–water partition coefficient (Wildman–Crippen LogP) is 4.85. The minimum Gasteiger partial charge on any atom is -0.343 e. The Morgan fingerprint density at radius 1 is 1.26 bits per heavy atom. The van der Waals surface area contributed by atoms with Gasteiger partial charge in [0.25, 0.3) is 0 Å². The summed E-state index contributed by atoms with van der Waals surface area (Å²) in [5.74, 6) is 0.669. The third-order valence-electron chi connectivity index (χ3n) is 4.49. The Balaban J connectivity index is 1.87. The Kier molecular flexibility index (Phi) is 4.63. The molecular formula is C20H22N2S. The molecule has 3 rings (SSSR count). The summed E-state index contributed by atoms with van der Waals surface area (Å²) in [7, 11) is 0. The highest BCUT2D eigenvalue weighted by atomic mass is 32.1. The number of fused-ring (bicyclic) bond motifs is 1. The van der Waals surface area contributed by atoms with Crippen LogP contribution in [0.1, 0.15) is 55.1 Å². The number of aromatic nitrogens is 1. The Bertz CT molecular complexity index is 747. The van der Waals surface area contributed by atoms with E-state index in [1.54, 1.807) is 0 Å². The van der Waals surface area contributed by atoms with E-state index >= 15 is 0 Å². The maximum absolute atomic E-state index is 9.31. The molecule has 2 nitrogen and oxygen atoms in total. The fraction of sp³-hybridized carbons (Fsp3) is 0.400. The fourth-order valence-corrected chi connectivity index (χ4v) is 3.69. The van der Waals surface area contributed by atoms with Gasteiger partial charge >= 0.3 is 0 Å². The molecule has 2 aromatic rings. The highest BCUT2D eigenvalue weighted by Gasteiger charge is 2.23. The van der Waals surface area contributed by atoms with Gasteiger partial charge in [0, 0.05) is 12.2 Å². The van der Waals surface area contributed by atoms with E-state index < -0.39 is 0 Å². The molecule has 1 aromatic heterocycles. The highest BCUT2D eigenvalue weighted by molar-refractivity contribution is 7.81. The zero-order valence-corrected chi connectivity index (χ0v) is 14.6. The van der Waals surface area contributed by atoms with E-state index in [-0.39, 0.29) is 5.92 Å². The highest BCUT2D eigenvalue weighted by Crippen LogP contribution is 2.30. The van der Waals surface area contributed by atoms with Gasteiger partial charge in [-0.1, -0.05) is 50.3 Å². The number of rotatable bonds is 4. The summed E-state index contributed by atoms with van der Waals surface area (Å²) >= 11 is 5.73.